The molecule has 0 aromatic carbocycles. The van der Waals surface area contributed by atoms with E-state index in [1.165, 1.54) is 4.90 Å². The Morgan fingerprint density at radius 3 is 2.60 bits per heavy atom. The van der Waals surface area contributed by atoms with Gasteiger partial charge >= 0.3 is 12.0 Å². The van der Waals surface area contributed by atoms with Crippen molar-refractivity contribution < 1.29 is 14.7 Å². The summed E-state index contributed by atoms with van der Waals surface area (Å²) in [6.07, 6.45) is 1.77. The monoisotopic (exact) mass is 214 g/mol. The first-order chi connectivity index (χ1) is 7.08. The minimum atomic E-state index is -0.987. The fourth-order valence-electron chi connectivity index (χ4n) is 2.16. The summed E-state index contributed by atoms with van der Waals surface area (Å²) in [6.45, 7) is 4.69. The van der Waals surface area contributed by atoms with Gasteiger partial charge in [-0.15, -0.1) is 0 Å². The Kier molecular flexibility index (Phi) is 3.55. The molecular formula is C10H18N2O3. The van der Waals surface area contributed by atoms with Crippen LogP contribution in [0.25, 0.3) is 0 Å². The van der Waals surface area contributed by atoms with Gasteiger partial charge in [0.2, 0.25) is 0 Å². The number of carboxylic acids is 1. The number of nitrogens with one attached hydrogen (secondary N) is 1. The minimum Gasteiger partial charge on any atom is -0.479 e. The molecular weight excluding hydrogens is 196 g/mol. The first-order valence-corrected chi connectivity index (χ1v) is 5.37. The van der Waals surface area contributed by atoms with Crippen molar-refractivity contribution in [3.63, 3.8) is 0 Å². The van der Waals surface area contributed by atoms with E-state index in [9.17, 15) is 14.7 Å². The first kappa shape index (κ1) is 11.8. The molecule has 15 heavy (non-hydrogen) atoms. The third-order valence-corrected chi connectivity index (χ3v) is 3.04. The summed E-state index contributed by atoms with van der Waals surface area (Å²) in [5, 5.41) is 11.9. The van der Waals surface area contributed by atoms with Crippen LogP contribution < -0.4 is 5.32 Å². The maximum atomic E-state index is 11.7. The van der Waals surface area contributed by atoms with Crippen LogP contribution in [0.15, 0.2) is 0 Å². The fourth-order valence-corrected chi connectivity index (χ4v) is 2.16. The molecule has 1 unspecified atom stereocenters. The Bertz CT molecular complexity index is 267. The van der Waals surface area contributed by atoms with E-state index in [2.05, 4.69) is 5.32 Å². The smallest absolute Gasteiger partial charge is 0.329 e. The first-order valence-electron chi connectivity index (χ1n) is 5.37. The standard InChI is InChI=1S/C10H18N2O3/c1-3-10(8(13)14)6-5-7-12(10)9(15)11-4-2/h3-7H2,1-2H3,(H,11,15)(H,13,14). The van der Waals surface area contributed by atoms with E-state index in [-0.39, 0.29) is 6.03 Å². The zero-order valence-corrected chi connectivity index (χ0v) is 9.25. The Labute approximate surface area is 89.4 Å². The van der Waals surface area contributed by atoms with Crippen LogP contribution in [-0.2, 0) is 4.79 Å². The lowest BCUT2D eigenvalue weighted by atomic mass is 9.93. The maximum absolute atomic E-state index is 11.7. The van der Waals surface area contributed by atoms with E-state index >= 15 is 0 Å². The lowest BCUT2D eigenvalue weighted by Crippen LogP contribution is -2.55. The van der Waals surface area contributed by atoms with E-state index in [4.69, 9.17) is 0 Å². The quantitative estimate of drug-likeness (QED) is 0.737. The molecule has 1 heterocycles. The summed E-state index contributed by atoms with van der Waals surface area (Å²) in [5.41, 5.74) is -0.987. The molecule has 1 saturated heterocycles. The van der Waals surface area contributed by atoms with Gasteiger partial charge in [-0.2, -0.15) is 0 Å². The van der Waals surface area contributed by atoms with Crippen molar-refractivity contribution in [3.8, 4) is 0 Å². The second-order valence-corrected chi connectivity index (χ2v) is 3.78. The third kappa shape index (κ3) is 1.91. The van der Waals surface area contributed by atoms with E-state index in [0.717, 1.165) is 6.42 Å². The fraction of sp³-hybridized carbons (Fsp3) is 0.800. The molecule has 0 radical (unpaired) electrons. The second kappa shape index (κ2) is 4.51. The molecule has 1 rings (SSSR count). The summed E-state index contributed by atoms with van der Waals surface area (Å²) in [6, 6.07) is -0.265. The van der Waals surface area contributed by atoms with Crippen LogP contribution in [0.1, 0.15) is 33.1 Å². The molecule has 0 spiro atoms. The summed E-state index contributed by atoms with van der Waals surface area (Å²) in [7, 11) is 0. The number of carboxylic acid groups (broad SMARTS) is 1. The number of aliphatic carboxylic acids is 1. The van der Waals surface area contributed by atoms with E-state index < -0.39 is 11.5 Å². The number of urea groups is 1. The summed E-state index contributed by atoms with van der Waals surface area (Å²) in [5.74, 6) is -0.895. The summed E-state index contributed by atoms with van der Waals surface area (Å²) in [4.78, 5) is 24.4. The molecule has 86 valence electrons. The second-order valence-electron chi connectivity index (χ2n) is 3.78. The van der Waals surface area contributed by atoms with Crippen molar-refractivity contribution >= 4 is 12.0 Å². The van der Waals surface area contributed by atoms with Crippen LogP contribution in [-0.4, -0.2) is 40.6 Å². The third-order valence-electron chi connectivity index (χ3n) is 3.04. The molecule has 0 aromatic heterocycles. The van der Waals surface area contributed by atoms with Crippen LogP contribution in [0, 0.1) is 0 Å². The van der Waals surface area contributed by atoms with Gasteiger partial charge in [-0.1, -0.05) is 6.92 Å². The van der Waals surface area contributed by atoms with E-state index in [1.807, 2.05) is 13.8 Å². The number of hydrogen-bond acceptors (Lipinski definition) is 2. The number of carbonyl (C=O) groups is 2. The molecule has 0 aromatic rings. The van der Waals surface area contributed by atoms with Gasteiger partial charge < -0.3 is 15.3 Å². The van der Waals surface area contributed by atoms with Crippen molar-refractivity contribution in [1.29, 1.82) is 0 Å². The Morgan fingerprint density at radius 2 is 2.13 bits per heavy atom. The predicted octanol–water partition coefficient (Wildman–Crippen LogP) is 1.05. The SMILES string of the molecule is CCNC(=O)N1CCCC1(CC)C(=O)O. The van der Waals surface area contributed by atoms with Crippen molar-refractivity contribution in [2.24, 2.45) is 0 Å². The van der Waals surface area contributed by atoms with Crippen LogP contribution in [0.2, 0.25) is 0 Å². The lowest BCUT2D eigenvalue weighted by molar-refractivity contribution is -0.148. The van der Waals surface area contributed by atoms with Gasteiger partial charge in [0, 0.05) is 13.1 Å². The van der Waals surface area contributed by atoms with Crippen molar-refractivity contribution in [3.05, 3.63) is 0 Å². The van der Waals surface area contributed by atoms with Crippen molar-refractivity contribution in [2.45, 2.75) is 38.6 Å². The van der Waals surface area contributed by atoms with Gasteiger partial charge in [-0.05, 0) is 26.2 Å². The molecule has 2 N–H and O–H groups in total. The zero-order chi connectivity index (χ0) is 11.5. The summed E-state index contributed by atoms with van der Waals surface area (Å²) < 4.78 is 0. The van der Waals surface area contributed by atoms with E-state index in [0.29, 0.717) is 25.9 Å². The molecule has 1 aliphatic heterocycles. The highest BCUT2D eigenvalue weighted by Crippen LogP contribution is 2.32. The molecule has 0 bridgehead atoms. The van der Waals surface area contributed by atoms with Gasteiger partial charge in [-0.25, -0.2) is 9.59 Å². The lowest BCUT2D eigenvalue weighted by Gasteiger charge is -2.33. The highest BCUT2D eigenvalue weighted by Gasteiger charge is 2.48. The molecule has 1 fully saturated rings. The van der Waals surface area contributed by atoms with Gasteiger partial charge in [0.1, 0.15) is 5.54 Å². The van der Waals surface area contributed by atoms with Gasteiger partial charge in [0.25, 0.3) is 0 Å². The predicted molar refractivity (Wildman–Crippen MR) is 55.7 cm³/mol. The Morgan fingerprint density at radius 1 is 1.47 bits per heavy atom. The maximum Gasteiger partial charge on any atom is 0.329 e. The van der Waals surface area contributed by atoms with Gasteiger partial charge in [0.05, 0.1) is 0 Å². The zero-order valence-electron chi connectivity index (χ0n) is 9.25. The van der Waals surface area contributed by atoms with Crippen molar-refractivity contribution in [2.75, 3.05) is 13.1 Å². The largest absolute Gasteiger partial charge is 0.479 e. The Hall–Kier alpha value is -1.26. The number of rotatable bonds is 3. The van der Waals surface area contributed by atoms with E-state index in [1.54, 1.807) is 0 Å². The Balaban J connectivity index is 2.87. The number of amides is 2. The average molecular weight is 214 g/mol. The van der Waals surface area contributed by atoms with Crippen molar-refractivity contribution in [1.82, 2.24) is 10.2 Å². The highest BCUT2D eigenvalue weighted by molar-refractivity contribution is 5.87. The molecule has 2 amide bonds. The normalized spacial score (nSPS) is 25.3. The minimum absolute atomic E-state index is 0.265. The molecule has 5 nitrogen and oxygen atoms in total. The molecule has 0 aliphatic carbocycles. The molecule has 0 saturated carbocycles. The van der Waals surface area contributed by atoms with Crippen LogP contribution >= 0.6 is 0 Å². The molecule has 5 heteroatoms. The summed E-state index contributed by atoms with van der Waals surface area (Å²) >= 11 is 0. The van der Waals surface area contributed by atoms with Crippen LogP contribution in [0.5, 0.6) is 0 Å². The number of hydrogen-bond donors (Lipinski definition) is 2. The van der Waals surface area contributed by atoms with Gasteiger partial charge in [0.15, 0.2) is 0 Å². The average Bonchev–Trinajstić information content (AvgIpc) is 2.62. The topological polar surface area (TPSA) is 69.6 Å². The van der Waals surface area contributed by atoms with Gasteiger partial charge in [-0.3, -0.25) is 0 Å². The highest BCUT2D eigenvalue weighted by atomic mass is 16.4. The number of likely N-dealkylation sites (tertiary alicyclic amines) is 1. The molecule has 1 aliphatic rings. The molecule has 1 atom stereocenters. The van der Waals surface area contributed by atoms with Crippen LogP contribution in [0.3, 0.4) is 0 Å². The number of carbonyl (C=O) groups excluding carboxylic acids is 1. The van der Waals surface area contributed by atoms with Crippen LogP contribution in [0.4, 0.5) is 4.79 Å². The number of nitrogens with zero attached hydrogens (tertiary/aromatic N) is 1.